The molecular weight excluding hydrogens is 268 g/mol. The van der Waals surface area contributed by atoms with E-state index >= 15 is 0 Å². The Morgan fingerprint density at radius 2 is 1.76 bits per heavy atom. The van der Waals surface area contributed by atoms with Crippen LogP contribution in [0.15, 0.2) is 39.9 Å². The highest BCUT2D eigenvalue weighted by Gasteiger charge is 2.26. The molecule has 0 saturated heterocycles. The van der Waals surface area contributed by atoms with Crippen LogP contribution in [0.2, 0.25) is 0 Å². The van der Waals surface area contributed by atoms with Crippen molar-refractivity contribution in [1.82, 2.24) is 9.13 Å². The van der Waals surface area contributed by atoms with E-state index in [-0.39, 0.29) is 17.4 Å². The van der Waals surface area contributed by atoms with Gasteiger partial charge in [-0.3, -0.25) is 13.9 Å². The number of hydrogen-bond acceptors (Lipinski definition) is 4. The summed E-state index contributed by atoms with van der Waals surface area (Å²) in [4.78, 5) is 24.0. The van der Waals surface area contributed by atoms with Crippen LogP contribution in [0, 0.1) is 0 Å². The fourth-order valence-corrected chi connectivity index (χ4v) is 2.62. The summed E-state index contributed by atoms with van der Waals surface area (Å²) in [5.74, 6) is 0.571. The smallest absolute Gasteiger partial charge is 0.332 e. The Morgan fingerprint density at radius 3 is 2.48 bits per heavy atom. The molecule has 0 bridgehead atoms. The SMILES string of the molecule is Cn1c2c(c(=O)n(C)c1=O)NC(CCc1ccccc1)N2. The summed E-state index contributed by atoms with van der Waals surface area (Å²) in [5.41, 5.74) is 1.11. The van der Waals surface area contributed by atoms with E-state index in [2.05, 4.69) is 22.8 Å². The molecule has 21 heavy (non-hydrogen) atoms. The quantitative estimate of drug-likeness (QED) is 0.879. The molecule has 0 radical (unpaired) electrons. The number of aromatic nitrogens is 2. The number of nitrogens with one attached hydrogen (secondary N) is 2. The lowest BCUT2D eigenvalue weighted by Gasteiger charge is -2.12. The number of aryl methyl sites for hydroxylation is 1. The van der Waals surface area contributed by atoms with Crippen molar-refractivity contribution in [3.8, 4) is 0 Å². The second kappa shape index (κ2) is 5.12. The minimum Gasteiger partial charge on any atom is -0.358 e. The number of rotatable bonds is 3. The Balaban J connectivity index is 1.79. The van der Waals surface area contributed by atoms with Gasteiger partial charge in [0.05, 0.1) is 6.17 Å². The zero-order chi connectivity index (χ0) is 15.0. The van der Waals surface area contributed by atoms with E-state index in [4.69, 9.17) is 0 Å². The molecule has 1 aliphatic rings. The monoisotopic (exact) mass is 286 g/mol. The van der Waals surface area contributed by atoms with Crippen molar-refractivity contribution >= 4 is 11.5 Å². The topological polar surface area (TPSA) is 68.1 Å². The Labute approximate surface area is 122 Å². The molecule has 0 aliphatic carbocycles. The van der Waals surface area contributed by atoms with E-state index in [0.717, 1.165) is 17.4 Å². The van der Waals surface area contributed by atoms with E-state index in [9.17, 15) is 9.59 Å². The third kappa shape index (κ3) is 2.33. The molecule has 3 rings (SSSR count). The predicted octanol–water partition coefficient (Wildman–Crippen LogP) is 0.880. The molecule has 0 saturated carbocycles. The number of fused-ring (bicyclic) bond motifs is 1. The van der Waals surface area contributed by atoms with Gasteiger partial charge >= 0.3 is 5.69 Å². The molecule has 2 heterocycles. The van der Waals surface area contributed by atoms with E-state index < -0.39 is 0 Å². The van der Waals surface area contributed by atoms with Gasteiger partial charge in [0.15, 0.2) is 0 Å². The van der Waals surface area contributed by atoms with Gasteiger partial charge in [-0.15, -0.1) is 0 Å². The van der Waals surface area contributed by atoms with Crippen molar-refractivity contribution in [2.45, 2.75) is 19.0 Å². The molecule has 2 aromatic rings. The minimum atomic E-state index is -0.322. The summed E-state index contributed by atoms with van der Waals surface area (Å²) < 4.78 is 2.58. The summed E-state index contributed by atoms with van der Waals surface area (Å²) in [6.45, 7) is 0. The number of benzene rings is 1. The molecule has 0 spiro atoms. The highest BCUT2D eigenvalue weighted by molar-refractivity contribution is 5.69. The Hall–Kier alpha value is -2.50. The van der Waals surface area contributed by atoms with Crippen molar-refractivity contribution < 1.29 is 0 Å². The predicted molar refractivity (Wildman–Crippen MR) is 82.7 cm³/mol. The highest BCUT2D eigenvalue weighted by atomic mass is 16.2. The first-order valence-corrected chi connectivity index (χ1v) is 6.95. The lowest BCUT2D eigenvalue weighted by atomic mass is 10.1. The van der Waals surface area contributed by atoms with Crippen LogP contribution in [0.3, 0.4) is 0 Å². The summed E-state index contributed by atoms with van der Waals surface area (Å²) in [6.07, 6.45) is 1.69. The first kappa shape index (κ1) is 13.5. The summed E-state index contributed by atoms with van der Waals surface area (Å²) in [7, 11) is 3.15. The lowest BCUT2D eigenvalue weighted by molar-refractivity contribution is 0.695. The van der Waals surface area contributed by atoms with Crippen LogP contribution < -0.4 is 21.9 Å². The van der Waals surface area contributed by atoms with E-state index in [1.54, 1.807) is 7.05 Å². The van der Waals surface area contributed by atoms with E-state index in [1.165, 1.54) is 17.2 Å². The highest BCUT2D eigenvalue weighted by Crippen LogP contribution is 2.24. The molecule has 1 aliphatic heterocycles. The summed E-state index contributed by atoms with van der Waals surface area (Å²) in [6, 6.07) is 10.2. The fourth-order valence-electron chi connectivity index (χ4n) is 2.62. The van der Waals surface area contributed by atoms with Gasteiger partial charge in [0.1, 0.15) is 11.5 Å². The van der Waals surface area contributed by atoms with Crippen molar-refractivity contribution in [1.29, 1.82) is 0 Å². The van der Waals surface area contributed by atoms with Gasteiger partial charge < -0.3 is 10.6 Å². The number of hydrogen-bond donors (Lipinski definition) is 2. The Morgan fingerprint density at radius 1 is 1.05 bits per heavy atom. The molecule has 1 atom stereocenters. The first-order valence-electron chi connectivity index (χ1n) is 6.95. The molecule has 6 heteroatoms. The minimum absolute atomic E-state index is 0.0408. The molecule has 2 N–H and O–H groups in total. The molecular formula is C15H18N4O2. The van der Waals surface area contributed by atoms with Gasteiger partial charge in [-0.25, -0.2) is 4.79 Å². The molecule has 0 amide bonds. The second-order valence-corrected chi connectivity index (χ2v) is 5.29. The Kier molecular flexibility index (Phi) is 3.29. The van der Waals surface area contributed by atoms with Crippen LogP contribution in [0.25, 0.3) is 0 Å². The first-order chi connectivity index (χ1) is 10.1. The van der Waals surface area contributed by atoms with Gasteiger partial charge in [-0.1, -0.05) is 30.3 Å². The molecule has 1 unspecified atom stereocenters. The van der Waals surface area contributed by atoms with E-state index in [1.807, 2.05) is 18.2 Å². The number of nitrogens with zero attached hydrogens (tertiary/aromatic N) is 2. The molecule has 1 aromatic carbocycles. The van der Waals surface area contributed by atoms with Crippen LogP contribution in [0.1, 0.15) is 12.0 Å². The summed E-state index contributed by atoms with van der Waals surface area (Å²) >= 11 is 0. The maximum Gasteiger partial charge on any atom is 0.332 e. The molecule has 110 valence electrons. The van der Waals surface area contributed by atoms with Crippen molar-refractivity contribution in [2.24, 2.45) is 14.1 Å². The standard InChI is InChI=1S/C15H18N4O2/c1-18-13-12(14(20)19(2)15(18)21)16-11(17-13)9-8-10-6-4-3-5-7-10/h3-7,11,16-17H,8-9H2,1-2H3. The second-order valence-electron chi connectivity index (χ2n) is 5.29. The van der Waals surface area contributed by atoms with Crippen molar-refractivity contribution in [2.75, 3.05) is 10.6 Å². The lowest BCUT2D eigenvalue weighted by Crippen LogP contribution is -2.37. The van der Waals surface area contributed by atoms with Gasteiger partial charge in [-0.2, -0.15) is 0 Å². The van der Waals surface area contributed by atoms with Crippen LogP contribution in [-0.4, -0.2) is 15.3 Å². The van der Waals surface area contributed by atoms with Gasteiger partial charge in [0.2, 0.25) is 0 Å². The zero-order valence-corrected chi connectivity index (χ0v) is 12.1. The Bertz CT molecular complexity index is 777. The average Bonchev–Trinajstić information content (AvgIpc) is 2.94. The van der Waals surface area contributed by atoms with Crippen molar-refractivity contribution in [3.63, 3.8) is 0 Å². The molecule has 0 fully saturated rings. The van der Waals surface area contributed by atoms with Crippen LogP contribution >= 0.6 is 0 Å². The van der Waals surface area contributed by atoms with E-state index in [0.29, 0.717) is 11.5 Å². The normalized spacial score (nSPS) is 16.2. The molecule has 6 nitrogen and oxygen atoms in total. The van der Waals surface area contributed by atoms with Gasteiger partial charge in [-0.05, 0) is 18.4 Å². The summed E-state index contributed by atoms with van der Waals surface area (Å²) in [5, 5.41) is 6.40. The van der Waals surface area contributed by atoms with Crippen LogP contribution in [0.5, 0.6) is 0 Å². The molecule has 1 aromatic heterocycles. The maximum absolute atomic E-state index is 12.1. The average molecular weight is 286 g/mol. The zero-order valence-electron chi connectivity index (χ0n) is 12.1. The van der Waals surface area contributed by atoms with Crippen molar-refractivity contribution in [3.05, 3.63) is 56.7 Å². The maximum atomic E-state index is 12.1. The third-order valence-corrected chi connectivity index (χ3v) is 3.86. The fraction of sp³-hybridized carbons (Fsp3) is 0.333. The third-order valence-electron chi connectivity index (χ3n) is 3.86. The number of anilines is 2. The largest absolute Gasteiger partial charge is 0.358 e. The van der Waals surface area contributed by atoms with Crippen LogP contribution in [0.4, 0.5) is 11.5 Å². The van der Waals surface area contributed by atoms with Gasteiger partial charge in [0, 0.05) is 14.1 Å². The van der Waals surface area contributed by atoms with Crippen LogP contribution in [-0.2, 0) is 20.5 Å². The van der Waals surface area contributed by atoms with Gasteiger partial charge in [0.25, 0.3) is 5.56 Å².